The lowest BCUT2D eigenvalue weighted by Gasteiger charge is -2.12. The normalized spacial score (nSPS) is 13.0. The fraction of sp³-hybridized carbons (Fsp3) is 0.412. The predicted molar refractivity (Wildman–Crippen MR) is 83.6 cm³/mol. The Morgan fingerprint density at radius 1 is 1.14 bits per heavy atom. The number of nitrogens with zero attached hydrogens (tertiary/aromatic N) is 2. The van der Waals surface area contributed by atoms with Crippen LogP contribution in [0.5, 0.6) is 5.75 Å². The number of para-hydroxylation sites is 1. The zero-order valence-corrected chi connectivity index (χ0v) is 12.4. The largest absolute Gasteiger partial charge is 0.486 e. The number of aryl methyl sites for hydroxylation is 1. The average molecular weight is 283 g/mol. The highest BCUT2D eigenvalue weighted by atomic mass is 16.5. The average Bonchev–Trinajstić information content (AvgIpc) is 3.00. The van der Waals surface area contributed by atoms with E-state index in [1.54, 1.807) is 0 Å². The van der Waals surface area contributed by atoms with Crippen molar-refractivity contribution >= 4 is 5.82 Å². The van der Waals surface area contributed by atoms with Crippen LogP contribution in [-0.2, 0) is 19.4 Å². The van der Waals surface area contributed by atoms with E-state index in [1.807, 2.05) is 30.3 Å². The Hall–Kier alpha value is -2.10. The van der Waals surface area contributed by atoms with Crippen molar-refractivity contribution in [2.45, 2.75) is 39.2 Å². The molecule has 2 aromatic rings. The molecule has 1 aliphatic carbocycles. The second kappa shape index (κ2) is 6.57. The van der Waals surface area contributed by atoms with E-state index in [2.05, 4.69) is 22.2 Å². The first-order valence-electron chi connectivity index (χ1n) is 7.67. The maximum Gasteiger partial charge on any atom is 0.168 e. The van der Waals surface area contributed by atoms with E-state index < -0.39 is 0 Å². The van der Waals surface area contributed by atoms with Crippen LogP contribution in [0.15, 0.2) is 30.3 Å². The molecule has 3 rings (SSSR count). The number of ether oxygens (including phenoxy) is 1. The summed E-state index contributed by atoms with van der Waals surface area (Å²) < 4.78 is 5.76. The Kier molecular flexibility index (Phi) is 4.34. The first-order chi connectivity index (χ1) is 10.4. The lowest BCUT2D eigenvalue weighted by Crippen LogP contribution is -2.11. The van der Waals surface area contributed by atoms with E-state index in [4.69, 9.17) is 4.74 Å². The number of hydrogen-bond acceptors (Lipinski definition) is 4. The highest BCUT2D eigenvalue weighted by molar-refractivity contribution is 5.48. The molecule has 0 unspecified atom stereocenters. The molecule has 0 aliphatic heterocycles. The van der Waals surface area contributed by atoms with Gasteiger partial charge in [-0.3, -0.25) is 0 Å². The molecule has 1 N–H and O–H groups in total. The predicted octanol–water partition coefficient (Wildman–Crippen LogP) is 3.37. The van der Waals surface area contributed by atoms with Gasteiger partial charge in [-0.1, -0.05) is 25.1 Å². The summed E-state index contributed by atoms with van der Waals surface area (Å²) >= 11 is 0. The second-order valence-corrected chi connectivity index (χ2v) is 5.30. The van der Waals surface area contributed by atoms with Crippen LogP contribution < -0.4 is 10.1 Å². The standard InChI is InChI=1S/C17H21N3O/c1-2-11-18-17-14-9-6-10-15(14)19-16(20-17)12-21-13-7-4-3-5-8-13/h3-5,7-8H,2,6,9-12H2,1H3,(H,18,19,20). The molecule has 0 radical (unpaired) electrons. The number of rotatable bonds is 6. The Balaban J connectivity index is 1.76. The summed E-state index contributed by atoms with van der Waals surface area (Å²) in [6, 6.07) is 9.80. The second-order valence-electron chi connectivity index (χ2n) is 5.30. The minimum atomic E-state index is 0.415. The molecular formula is C17H21N3O. The van der Waals surface area contributed by atoms with E-state index in [0.717, 1.165) is 43.2 Å². The smallest absolute Gasteiger partial charge is 0.168 e. The zero-order chi connectivity index (χ0) is 14.5. The number of aromatic nitrogens is 2. The summed E-state index contributed by atoms with van der Waals surface area (Å²) in [5, 5.41) is 3.43. The van der Waals surface area contributed by atoms with Crippen LogP contribution >= 0.6 is 0 Å². The summed E-state index contributed by atoms with van der Waals surface area (Å²) in [5.74, 6) is 2.62. The minimum absolute atomic E-state index is 0.415. The fourth-order valence-electron chi connectivity index (χ4n) is 2.60. The number of hydrogen-bond donors (Lipinski definition) is 1. The molecule has 0 spiro atoms. The van der Waals surface area contributed by atoms with E-state index >= 15 is 0 Å². The van der Waals surface area contributed by atoms with Crippen molar-refractivity contribution in [3.05, 3.63) is 47.4 Å². The van der Waals surface area contributed by atoms with E-state index in [1.165, 1.54) is 17.7 Å². The zero-order valence-electron chi connectivity index (χ0n) is 12.4. The molecule has 110 valence electrons. The molecule has 0 saturated carbocycles. The lowest BCUT2D eigenvalue weighted by atomic mass is 10.2. The van der Waals surface area contributed by atoms with Gasteiger partial charge >= 0.3 is 0 Å². The van der Waals surface area contributed by atoms with Gasteiger partial charge in [0.05, 0.1) is 0 Å². The Labute approximate surface area is 125 Å². The van der Waals surface area contributed by atoms with Crippen molar-refractivity contribution < 1.29 is 4.74 Å². The quantitative estimate of drug-likeness (QED) is 0.883. The van der Waals surface area contributed by atoms with Gasteiger partial charge in [-0.25, -0.2) is 9.97 Å². The van der Waals surface area contributed by atoms with Crippen molar-refractivity contribution in [1.29, 1.82) is 0 Å². The van der Waals surface area contributed by atoms with Crippen LogP contribution in [0.1, 0.15) is 36.8 Å². The summed E-state index contributed by atoms with van der Waals surface area (Å²) in [6.07, 6.45) is 4.40. The molecule has 0 fully saturated rings. The van der Waals surface area contributed by atoms with E-state index in [-0.39, 0.29) is 0 Å². The monoisotopic (exact) mass is 283 g/mol. The van der Waals surface area contributed by atoms with E-state index in [9.17, 15) is 0 Å². The molecule has 4 heteroatoms. The third-order valence-electron chi connectivity index (χ3n) is 3.63. The van der Waals surface area contributed by atoms with Crippen LogP contribution in [0, 0.1) is 0 Å². The molecule has 0 saturated heterocycles. The summed E-state index contributed by atoms with van der Waals surface area (Å²) in [7, 11) is 0. The van der Waals surface area contributed by atoms with E-state index in [0.29, 0.717) is 6.61 Å². The maximum atomic E-state index is 5.76. The van der Waals surface area contributed by atoms with Crippen molar-refractivity contribution in [1.82, 2.24) is 9.97 Å². The molecule has 0 amide bonds. The van der Waals surface area contributed by atoms with Crippen molar-refractivity contribution in [2.75, 3.05) is 11.9 Å². The molecule has 0 bridgehead atoms. The van der Waals surface area contributed by atoms with Crippen LogP contribution in [0.25, 0.3) is 0 Å². The Morgan fingerprint density at radius 3 is 2.81 bits per heavy atom. The van der Waals surface area contributed by atoms with Gasteiger partial charge in [0.2, 0.25) is 0 Å². The van der Waals surface area contributed by atoms with Gasteiger partial charge in [-0.05, 0) is 37.8 Å². The first-order valence-corrected chi connectivity index (χ1v) is 7.67. The molecular weight excluding hydrogens is 262 g/mol. The van der Waals surface area contributed by atoms with Gasteiger partial charge in [0.25, 0.3) is 0 Å². The van der Waals surface area contributed by atoms with Crippen molar-refractivity contribution in [2.24, 2.45) is 0 Å². The highest BCUT2D eigenvalue weighted by Crippen LogP contribution is 2.26. The third kappa shape index (κ3) is 3.32. The SMILES string of the molecule is CCCNc1nc(COc2ccccc2)nc2c1CCC2. The number of benzene rings is 1. The summed E-state index contributed by atoms with van der Waals surface area (Å²) in [5.41, 5.74) is 2.49. The van der Waals surface area contributed by atoms with Crippen LogP contribution in [0.3, 0.4) is 0 Å². The Morgan fingerprint density at radius 2 is 2.00 bits per heavy atom. The van der Waals surface area contributed by atoms with Crippen molar-refractivity contribution in [3.63, 3.8) is 0 Å². The third-order valence-corrected chi connectivity index (χ3v) is 3.63. The van der Waals surface area contributed by atoms with Gasteiger partial charge in [0.1, 0.15) is 18.2 Å². The van der Waals surface area contributed by atoms with Gasteiger partial charge in [-0.2, -0.15) is 0 Å². The van der Waals surface area contributed by atoms with Gasteiger partial charge in [-0.15, -0.1) is 0 Å². The number of anilines is 1. The topological polar surface area (TPSA) is 47.0 Å². The fourth-order valence-corrected chi connectivity index (χ4v) is 2.60. The highest BCUT2D eigenvalue weighted by Gasteiger charge is 2.19. The van der Waals surface area contributed by atoms with Gasteiger partial charge < -0.3 is 10.1 Å². The van der Waals surface area contributed by atoms with Gasteiger partial charge in [0.15, 0.2) is 5.82 Å². The summed E-state index contributed by atoms with van der Waals surface area (Å²) in [6.45, 7) is 3.52. The van der Waals surface area contributed by atoms with Crippen LogP contribution in [0.4, 0.5) is 5.82 Å². The van der Waals surface area contributed by atoms with Crippen LogP contribution in [0.2, 0.25) is 0 Å². The van der Waals surface area contributed by atoms with Crippen LogP contribution in [-0.4, -0.2) is 16.5 Å². The summed E-state index contributed by atoms with van der Waals surface area (Å²) in [4.78, 5) is 9.31. The molecule has 1 heterocycles. The minimum Gasteiger partial charge on any atom is -0.486 e. The van der Waals surface area contributed by atoms with Crippen molar-refractivity contribution in [3.8, 4) is 5.75 Å². The molecule has 1 aromatic heterocycles. The van der Waals surface area contributed by atoms with Gasteiger partial charge in [0, 0.05) is 17.8 Å². The number of nitrogens with one attached hydrogen (secondary N) is 1. The Bertz CT molecular complexity index is 598. The molecule has 1 aliphatic rings. The lowest BCUT2D eigenvalue weighted by molar-refractivity contribution is 0.295. The molecule has 4 nitrogen and oxygen atoms in total. The molecule has 21 heavy (non-hydrogen) atoms. The maximum absolute atomic E-state index is 5.76. The molecule has 1 aromatic carbocycles. The first kappa shape index (κ1) is 13.9. The number of fused-ring (bicyclic) bond motifs is 1. The molecule has 0 atom stereocenters.